The number of pyridine rings is 2. The van der Waals surface area contributed by atoms with Crippen molar-refractivity contribution in [1.29, 1.82) is 5.26 Å². The normalized spacial score (nSPS) is 12.3. The molecule has 4 aromatic rings. The minimum Gasteiger partial charge on any atom is -0.380 e. The maximum atomic E-state index is 12.8. The number of aliphatic hydroxyl groups is 1. The van der Waals surface area contributed by atoms with Gasteiger partial charge in [-0.05, 0) is 30.3 Å². The summed E-state index contributed by atoms with van der Waals surface area (Å²) in [5.74, 6) is -0.264. The first-order valence-electron chi connectivity index (χ1n) is 9.13. The van der Waals surface area contributed by atoms with E-state index < -0.39 is 23.8 Å². The lowest BCUT2D eigenvalue weighted by Gasteiger charge is -2.09. The Labute approximate surface area is 178 Å². The molecule has 3 heterocycles. The molecule has 3 aromatic heterocycles. The number of hydrogen-bond acceptors (Lipinski definition) is 6. The van der Waals surface area contributed by atoms with E-state index in [9.17, 15) is 23.1 Å². The van der Waals surface area contributed by atoms with E-state index in [2.05, 4.69) is 25.3 Å². The largest absolute Gasteiger partial charge is 0.417 e. The third-order valence-corrected chi connectivity index (χ3v) is 4.54. The van der Waals surface area contributed by atoms with Crippen molar-refractivity contribution in [3.8, 4) is 6.07 Å². The molecule has 160 valence electrons. The Balaban J connectivity index is 1.51. The Morgan fingerprint density at radius 2 is 1.97 bits per heavy atom. The van der Waals surface area contributed by atoms with Crippen LogP contribution in [0.3, 0.4) is 0 Å². The summed E-state index contributed by atoms with van der Waals surface area (Å²) in [7, 11) is 0. The number of benzene rings is 1. The summed E-state index contributed by atoms with van der Waals surface area (Å²) in [5, 5.41) is 22.0. The SMILES string of the molecule is N#Cc1cccc(C(=O)Nc2ccc(C(O)c3nc4cc(C(F)(F)F)cnc4[nH]3)cn2)c1. The van der Waals surface area contributed by atoms with E-state index in [1.807, 2.05) is 6.07 Å². The predicted octanol–water partition coefficient (Wildman–Crippen LogP) is 3.58. The van der Waals surface area contributed by atoms with Gasteiger partial charge >= 0.3 is 6.18 Å². The van der Waals surface area contributed by atoms with Crippen molar-refractivity contribution in [3.05, 3.63) is 82.9 Å². The van der Waals surface area contributed by atoms with Crippen LogP contribution >= 0.6 is 0 Å². The average molecular weight is 438 g/mol. The molecule has 0 aliphatic rings. The van der Waals surface area contributed by atoms with Gasteiger partial charge < -0.3 is 15.4 Å². The highest BCUT2D eigenvalue weighted by atomic mass is 19.4. The van der Waals surface area contributed by atoms with Crippen molar-refractivity contribution in [1.82, 2.24) is 19.9 Å². The molecular weight excluding hydrogens is 425 g/mol. The molecular formula is C21H13F3N6O2. The van der Waals surface area contributed by atoms with Crippen LogP contribution in [0.15, 0.2) is 54.9 Å². The molecule has 1 unspecified atom stereocenters. The molecule has 3 N–H and O–H groups in total. The average Bonchev–Trinajstić information content (AvgIpc) is 3.22. The second kappa shape index (κ2) is 8.09. The lowest BCUT2D eigenvalue weighted by atomic mass is 10.1. The van der Waals surface area contributed by atoms with Crippen LogP contribution in [0.4, 0.5) is 19.0 Å². The first-order chi connectivity index (χ1) is 15.2. The number of amides is 1. The fourth-order valence-electron chi connectivity index (χ4n) is 2.92. The zero-order valence-electron chi connectivity index (χ0n) is 16.1. The topological polar surface area (TPSA) is 128 Å². The number of imidazole rings is 1. The van der Waals surface area contributed by atoms with E-state index in [0.29, 0.717) is 17.3 Å². The molecule has 0 saturated heterocycles. The number of nitrogens with one attached hydrogen (secondary N) is 2. The number of H-pyrrole nitrogens is 1. The number of aromatic nitrogens is 4. The number of hydrogen-bond donors (Lipinski definition) is 3. The molecule has 0 bridgehead atoms. The van der Waals surface area contributed by atoms with Gasteiger partial charge in [-0.1, -0.05) is 12.1 Å². The number of nitrogens with zero attached hydrogens (tertiary/aromatic N) is 4. The van der Waals surface area contributed by atoms with Crippen molar-refractivity contribution in [3.63, 3.8) is 0 Å². The lowest BCUT2D eigenvalue weighted by Crippen LogP contribution is -2.13. The fraction of sp³-hybridized carbons (Fsp3) is 0.0952. The van der Waals surface area contributed by atoms with Crippen LogP contribution < -0.4 is 5.32 Å². The van der Waals surface area contributed by atoms with Crippen LogP contribution in [0.2, 0.25) is 0 Å². The maximum absolute atomic E-state index is 12.8. The summed E-state index contributed by atoms with van der Waals surface area (Å²) in [6.07, 6.45) is -3.88. The molecule has 0 radical (unpaired) electrons. The van der Waals surface area contributed by atoms with E-state index in [1.54, 1.807) is 18.2 Å². The standard InChI is InChI=1S/C21H13F3N6O2/c22-21(23,24)14-7-15-18(27-10-14)30-19(28-15)17(31)13-4-5-16(26-9-13)29-20(32)12-3-1-2-11(6-12)8-25/h1-7,9-10,17,31H,(H,26,29,32)(H,27,28,30). The number of carbonyl (C=O) groups is 1. The highest BCUT2D eigenvalue weighted by molar-refractivity contribution is 6.03. The van der Waals surface area contributed by atoms with Crippen LogP contribution in [0.5, 0.6) is 0 Å². The predicted molar refractivity (Wildman–Crippen MR) is 106 cm³/mol. The molecule has 0 fully saturated rings. The summed E-state index contributed by atoms with van der Waals surface area (Å²) in [6, 6.07) is 11.9. The van der Waals surface area contributed by atoms with Gasteiger partial charge in [0.05, 0.1) is 17.2 Å². The quantitative estimate of drug-likeness (QED) is 0.447. The zero-order valence-corrected chi connectivity index (χ0v) is 16.1. The maximum Gasteiger partial charge on any atom is 0.417 e. The summed E-state index contributed by atoms with van der Waals surface area (Å²) in [4.78, 5) is 26.8. The number of anilines is 1. The summed E-state index contributed by atoms with van der Waals surface area (Å²) < 4.78 is 38.5. The first-order valence-corrected chi connectivity index (χ1v) is 9.13. The smallest absolute Gasteiger partial charge is 0.380 e. The highest BCUT2D eigenvalue weighted by Gasteiger charge is 2.31. The summed E-state index contributed by atoms with van der Waals surface area (Å²) in [6.45, 7) is 0. The summed E-state index contributed by atoms with van der Waals surface area (Å²) >= 11 is 0. The van der Waals surface area contributed by atoms with Crippen LogP contribution in [0.1, 0.15) is 39.0 Å². The molecule has 11 heteroatoms. The molecule has 1 aromatic carbocycles. The summed E-state index contributed by atoms with van der Waals surface area (Å²) in [5.41, 5.74) is 0.0349. The van der Waals surface area contributed by atoms with E-state index in [1.165, 1.54) is 24.4 Å². The van der Waals surface area contributed by atoms with Crippen molar-refractivity contribution in [2.45, 2.75) is 12.3 Å². The van der Waals surface area contributed by atoms with E-state index in [4.69, 9.17) is 5.26 Å². The number of halogens is 3. The molecule has 1 amide bonds. The van der Waals surface area contributed by atoms with Crippen LogP contribution in [-0.2, 0) is 6.18 Å². The Kier molecular flexibility index (Phi) is 5.29. The van der Waals surface area contributed by atoms with Gasteiger partial charge in [-0.15, -0.1) is 0 Å². The molecule has 4 rings (SSSR count). The van der Waals surface area contributed by atoms with Crippen molar-refractivity contribution >= 4 is 22.9 Å². The molecule has 1 atom stereocenters. The van der Waals surface area contributed by atoms with Crippen molar-refractivity contribution < 1.29 is 23.1 Å². The third-order valence-electron chi connectivity index (χ3n) is 4.54. The van der Waals surface area contributed by atoms with Gasteiger partial charge in [0.2, 0.25) is 0 Å². The minimum absolute atomic E-state index is 0.00118. The number of alkyl halides is 3. The monoisotopic (exact) mass is 438 g/mol. The second-order valence-electron chi connectivity index (χ2n) is 6.74. The fourth-order valence-corrected chi connectivity index (χ4v) is 2.92. The van der Waals surface area contributed by atoms with Crippen LogP contribution in [0.25, 0.3) is 11.2 Å². The van der Waals surface area contributed by atoms with Crippen molar-refractivity contribution in [2.24, 2.45) is 0 Å². The number of rotatable bonds is 4. The Morgan fingerprint density at radius 3 is 2.66 bits per heavy atom. The van der Waals surface area contributed by atoms with Gasteiger partial charge in [-0.2, -0.15) is 18.4 Å². The number of aromatic amines is 1. The Morgan fingerprint density at radius 1 is 1.16 bits per heavy atom. The minimum atomic E-state index is -4.56. The van der Waals surface area contributed by atoms with E-state index in [0.717, 1.165) is 6.07 Å². The third kappa shape index (κ3) is 4.26. The number of nitriles is 1. The Bertz CT molecular complexity index is 1340. The lowest BCUT2D eigenvalue weighted by molar-refractivity contribution is -0.137. The second-order valence-corrected chi connectivity index (χ2v) is 6.74. The number of aliphatic hydroxyl groups excluding tert-OH is 1. The van der Waals surface area contributed by atoms with E-state index >= 15 is 0 Å². The van der Waals surface area contributed by atoms with Crippen molar-refractivity contribution in [2.75, 3.05) is 5.32 Å². The first kappa shape index (κ1) is 21.0. The number of fused-ring (bicyclic) bond motifs is 1. The van der Waals surface area contributed by atoms with Crippen LogP contribution in [-0.4, -0.2) is 30.9 Å². The van der Waals surface area contributed by atoms with E-state index in [-0.39, 0.29) is 28.4 Å². The molecule has 32 heavy (non-hydrogen) atoms. The van der Waals surface area contributed by atoms with Gasteiger partial charge in [0.25, 0.3) is 5.91 Å². The molecule has 0 aliphatic heterocycles. The molecule has 0 saturated carbocycles. The van der Waals surface area contributed by atoms with Gasteiger partial charge in [0.15, 0.2) is 5.65 Å². The highest BCUT2D eigenvalue weighted by Crippen LogP contribution is 2.30. The van der Waals surface area contributed by atoms with Gasteiger partial charge in [0, 0.05) is 23.5 Å². The molecule has 0 aliphatic carbocycles. The van der Waals surface area contributed by atoms with Crippen LogP contribution in [0, 0.1) is 11.3 Å². The van der Waals surface area contributed by atoms with Gasteiger partial charge in [0.1, 0.15) is 23.3 Å². The van der Waals surface area contributed by atoms with Gasteiger partial charge in [-0.3, -0.25) is 4.79 Å². The number of carbonyl (C=O) groups excluding carboxylic acids is 1. The van der Waals surface area contributed by atoms with Gasteiger partial charge in [-0.25, -0.2) is 15.0 Å². The Hall–Kier alpha value is -4.30. The molecule has 0 spiro atoms. The molecule has 8 nitrogen and oxygen atoms in total. The zero-order chi connectivity index (χ0) is 22.9.